The second-order valence-corrected chi connectivity index (χ2v) is 7.68. The van der Waals surface area contributed by atoms with Crippen LogP contribution in [-0.4, -0.2) is 42.6 Å². The van der Waals surface area contributed by atoms with Crippen molar-refractivity contribution in [3.05, 3.63) is 44.6 Å². The third kappa shape index (κ3) is 3.85. The zero-order valence-corrected chi connectivity index (χ0v) is 17.7. The molecule has 2 amide bonds. The van der Waals surface area contributed by atoms with Gasteiger partial charge in [0.2, 0.25) is 11.7 Å². The normalized spacial score (nSPS) is 12.5. The van der Waals surface area contributed by atoms with Gasteiger partial charge in [-0.2, -0.15) is 0 Å². The van der Waals surface area contributed by atoms with E-state index in [0.29, 0.717) is 5.56 Å². The third-order valence-corrected chi connectivity index (χ3v) is 4.89. The van der Waals surface area contributed by atoms with E-state index in [9.17, 15) is 19.2 Å². The number of rotatable bonds is 6. The van der Waals surface area contributed by atoms with Crippen molar-refractivity contribution < 1.29 is 9.59 Å². The molecule has 0 fully saturated rings. The van der Waals surface area contributed by atoms with Gasteiger partial charge in [0.25, 0.3) is 11.5 Å². The van der Waals surface area contributed by atoms with Crippen molar-refractivity contribution in [2.24, 2.45) is 7.05 Å². The van der Waals surface area contributed by atoms with E-state index in [4.69, 9.17) is 0 Å². The summed E-state index contributed by atoms with van der Waals surface area (Å²) in [6.45, 7) is 7.20. The van der Waals surface area contributed by atoms with Gasteiger partial charge in [-0.25, -0.2) is 13.9 Å². The van der Waals surface area contributed by atoms with Gasteiger partial charge in [-0.3, -0.25) is 19.0 Å². The summed E-state index contributed by atoms with van der Waals surface area (Å²) in [5, 5.41) is 10.0. The molecule has 30 heavy (non-hydrogen) atoms. The molecule has 160 valence electrons. The summed E-state index contributed by atoms with van der Waals surface area (Å²) < 4.78 is 3.51. The topological polar surface area (TPSA) is 120 Å². The Morgan fingerprint density at radius 1 is 1.13 bits per heavy atom. The summed E-state index contributed by atoms with van der Waals surface area (Å²) in [5.74, 6) is -0.565. The van der Waals surface area contributed by atoms with Crippen LogP contribution in [-0.2, 0) is 18.4 Å². The van der Waals surface area contributed by atoms with Crippen LogP contribution in [0.1, 0.15) is 44.5 Å². The molecule has 0 saturated carbocycles. The molecule has 0 aliphatic heterocycles. The predicted molar refractivity (Wildman–Crippen MR) is 113 cm³/mol. The van der Waals surface area contributed by atoms with E-state index in [1.54, 1.807) is 6.07 Å². The average Bonchev–Trinajstić information content (AvgIpc) is 3.01. The summed E-state index contributed by atoms with van der Waals surface area (Å²) in [7, 11) is 1.51. The summed E-state index contributed by atoms with van der Waals surface area (Å²) in [4.78, 5) is 50.4. The Balaban J connectivity index is 2.19. The highest BCUT2D eigenvalue weighted by atomic mass is 16.2. The van der Waals surface area contributed by atoms with Crippen molar-refractivity contribution in [3.8, 4) is 0 Å². The van der Waals surface area contributed by atoms with Gasteiger partial charge in [-0.1, -0.05) is 6.92 Å². The number of aromatic nitrogens is 4. The lowest BCUT2D eigenvalue weighted by Gasteiger charge is -2.12. The van der Waals surface area contributed by atoms with E-state index >= 15 is 0 Å². The Labute approximate surface area is 172 Å². The lowest BCUT2D eigenvalue weighted by atomic mass is 10.1. The van der Waals surface area contributed by atoms with E-state index < -0.39 is 5.69 Å². The number of benzene rings is 1. The summed E-state index contributed by atoms with van der Waals surface area (Å²) in [6, 6.07) is 4.49. The molecule has 0 aliphatic carbocycles. The van der Waals surface area contributed by atoms with Gasteiger partial charge in [-0.15, -0.1) is 5.10 Å². The van der Waals surface area contributed by atoms with Gasteiger partial charge in [0.15, 0.2) is 0 Å². The van der Waals surface area contributed by atoms with Crippen molar-refractivity contribution in [3.63, 3.8) is 0 Å². The molecule has 0 spiro atoms. The van der Waals surface area contributed by atoms with Crippen LogP contribution in [0.25, 0.3) is 16.7 Å². The zero-order valence-electron chi connectivity index (χ0n) is 17.7. The highest BCUT2D eigenvalue weighted by Crippen LogP contribution is 2.14. The first kappa shape index (κ1) is 21.3. The summed E-state index contributed by atoms with van der Waals surface area (Å²) >= 11 is 0. The average molecular weight is 414 g/mol. The minimum atomic E-state index is -0.566. The maximum Gasteiger partial charge on any atom is 0.352 e. The van der Waals surface area contributed by atoms with Gasteiger partial charge in [0, 0.05) is 24.7 Å². The lowest BCUT2D eigenvalue weighted by molar-refractivity contribution is -0.122. The molecule has 10 nitrogen and oxygen atoms in total. The molecule has 10 heteroatoms. The fourth-order valence-electron chi connectivity index (χ4n) is 3.15. The zero-order chi connectivity index (χ0) is 22.2. The van der Waals surface area contributed by atoms with Crippen LogP contribution in [0, 0.1) is 0 Å². The van der Waals surface area contributed by atoms with Crippen molar-refractivity contribution >= 4 is 28.5 Å². The minimum Gasteiger partial charge on any atom is -0.352 e. The molecule has 3 rings (SSSR count). The molecule has 0 unspecified atom stereocenters. The van der Waals surface area contributed by atoms with Crippen LogP contribution in [0.4, 0.5) is 0 Å². The van der Waals surface area contributed by atoms with Crippen molar-refractivity contribution in [1.29, 1.82) is 0 Å². The summed E-state index contributed by atoms with van der Waals surface area (Å²) in [5.41, 5.74) is -0.320. The van der Waals surface area contributed by atoms with Crippen LogP contribution in [0.3, 0.4) is 0 Å². The first-order valence-electron chi connectivity index (χ1n) is 9.86. The molecule has 2 heterocycles. The lowest BCUT2D eigenvalue weighted by Crippen LogP contribution is -2.36. The third-order valence-electron chi connectivity index (χ3n) is 4.89. The fourth-order valence-corrected chi connectivity index (χ4v) is 3.15. The van der Waals surface area contributed by atoms with Crippen molar-refractivity contribution in [2.45, 2.75) is 52.7 Å². The number of fused-ring (bicyclic) bond motifs is 3. The molecule has 0 bridgehead atoms. The van der Waals surface area contributed by atoms with Crippen molar-refractivity contribution in [2.75, 3.05) is 0 Å². The van der Waals surface area contributed by atoms with Crippen LogP contribution in [0.15, 0.2) is 27.8 Å². The highest BCUT2D eigenvalue weighted by Gasteiger charge is 2.19. The van der Waals surface area contributed by atoms with Gasteiger partial charge in [0.1, 0.15) is 6.54 Å². The minimum absolute atomic E-state index is 0.0122. The molecule has 3 aromatic rings. The maximum absolute atomic E-state index is 13.0. The van der Waals surface area contributed by atoms with E-state index in [2.05, 4.69) is 15.7 Å². The second kappa shape index (κ2) is 8.13. The highest BCUT2D eigenvalue weighted by molar-refractivity contribution is 5.98. The largest absolute Gasteiger partial charge is 0.352 e. The number of carbonyl (C=O) groups excluding carboxylic acids is 2. The summed E-state index contributed by atoms with van der Waals surface area (Å²) in [6.07, 6.45) is 0.773. The number of aryl methyl sites for hydroxylation is 1. The van der Waals surface area contributed by atoms with E-state index in [1.807, 2.05) is 27.7 Å². The van der Waals surface area contributed by atoms with E-state index in [1.165, 1.54) is 28.1 Å². The Morgan fingerprint density at radius 3 is 2.47 bits per heavy atom. The number of hydrogen-bond donors (Lipinski definition) is 2. The van der Waals surface area contributed by atoms with Crippen molar-refractivity contribution in [1.82, 2.24) is 29.4 Å². The van der Waals surface area contributed by atoms with Crippen LogP contribution >= 0.6 is 0 Å². The molecular formula is C20H26N6O4. The SMILES string of the molecule is CC[C@H](C)NC(=O)c1ccc2c(=O)n(C)c3nn(CC(=O)NC(C)C)c(=O)n3c2c1. The smallest absolute Gasteiger partial charge is 0.352 e. The van der Waals surface area contributed by atoms with E-state index in [-0.39, 0.29) is 52.7 Å². The molecule has 2 aromatic heterocycles. The van der Waals surface area contributed by atoms with Crippen LogP contribution in [0.2, 0.25) is 0 Å². The molecular weight excluding hydrogens is 388 g/mol. The molecule has 2 N–H and O–H groups in total. The quantitative estimate of drug-likeness (QED) is 0.605. The molecule has 0 aliphatic rings. The fraction of sp³-hybridized carbons (Fsp3) is 0.450. The van der Waals surface area contributed by atoms with Crippen LogP contribution < -0.4 is 21.9 Å². The first-order chi connectivity index (χ1) is 14.1. The number of nitrogens with one attached hydrogen (secondary N) is 2. The standard InChI is InChI=1S/C20H26N6O4/c1-6-12(4)22-17(28)13-7-8-14-15(9-13)26-19(24(5)18(14)29)23-25(20(26)30)10-16(27)21-11(2)3/h7-9,11-12H,6,10H2,1-5H3,(H,21,27)(H,22,28)/t12-/m0/s1. The van der Waals surface area contributed by atoms with Crippen LogP contribution in [0.5, 0.6) is 0 Å². The number of amides is 2. The maximum atomic E-state index is 13.0. The van der Waals surface area contributed by atoms with Gasteiger partial charge < -0.3 is 10.6 Å². The molecule has 0 saturated heterocycles. The van der Waals surface area contributed by atoms with Gasteiger partial charge in [-0.05, 0) is 45.4 Å². The number of hydrogen-bond acceptors (Lipinski definition) is 5. The van der Waals surface area contributed by atoms with Gasteiger partial charge >= 0.3 is 5.69 Å². The number of nitrogens with zero attached hydrogens (tertiary/aromatic N) is 4. The first-order valence-corrected chi connectivity index (χ1v) is 9.86. The predicted octanol–water partition coefficient (Wildman–Crippen LogP) is 0.401. The van der Waals surface area contributed by atoms with Gasteiger partial charge in [0.05, 0.1) is 10.9 Å². The Morgan fingerprint density at radius 2 is 1.83 bits per heavy atom. The Kier molecular flexibility index (Phi) is 5.77. The second-order valence-electron chi connectivity index (χ2n) is 7.68. The Hall–Kier alpha value is -3.43. The Bertz CT molecular complexity index is 1250. The monoisotopic (exact) mass is 414 g/mol. The molecule has 1 atom stereocenters. The number of carbonyl (C=O) groups is 2. The van der Waals surface area contributed by atoms with E-state index in [0.717, 1.165) is 11.1 Å². The molecule has 1 aromatic carbocycles. The molecule has 0 radical (unpaired) electrons.